The van der Waals surface area contributed by atoms with Gasteiger partial charge in [-0.2, -0.15) is 0 Å². The predicted molar refractivity (Wildman–Crippen MR) is 98.6 cm³/mol. The fraction of sp³-hybridized carbons (Fsp3) is 0.0952. The Bertz CT molecular complexity index is 771. The molecule has 0 unspecified atom stereocenters. The third-order valence-corrected chi connectivity index (χ3v) is 3.16. The highest BCUT2D eigenvalue weighted by Crippen LogP contribution is 2.14. The number of hydrogen-bond donors (Lipinski definition) is 0. The molecular weight excluding hydrogens is 332 g/mol. The summed E-state index contributed by atoms with van der Waals surface area (Å²) in [5.74, 6) is -0.0155. The Morgan fingerprint density at radius 2 is 1.00 bits per heavy atom. The maximum atomic E-state index is 11.9. The van der Waals surface area contributed by atoms with Gasteiger partial charge in [0.2, 0.25) is 0 Å². The van der Waals surface area contributed by atoms with Crippen molar-refractivity contribution in [2.45, 2.75) is 13.8 Å². The molecule has 0 N–H and O–H groups in total. The number of ether oxygens (including phenoxy) is 2. The molecule has 0 saturated heterocycles. The Labute approximate surface area is 151 Å². The fourth-order valence-electron chi connectivity index (χ4n) is 2.04. The van der Waals surface area contributed by atoms with Crippen molar-refractivity contribution in [2.75, 3.05) is 0 Å². The van der Waals surface area contributed by atoms with E-state index in [1.165, 1.54) is 26.0 Å². The summed E-state index contributed by atoms with van der Waals surface area (Å²) in [6.45, 7) is 2.67. The van der Waals surface area contributed by atoms with Crippen LogP contribution in [0.2, 0.25) is 0 Å². The van der Waals surface area contributed by atoms with E-state index in [-0.39, 0.29) is 17.7 Å². The Kier molecular flexibility index (Phi) is 6.62. The summed E-state index contributed by atoms with van der Waals surface area (Å²) in [7, 11) is 0. The van der Waals surface area contributed by atoms with Crippen LogP contribution in [0.3, 0.4) is 0 Å². The highest BCUT2D eigenvalue weighted by Gasteiger charge is 1.98. The van der Waals surface area contributed by atoms with Gasteiger partial charge in [-0.15, -0.1) is 0 Å². The molecule has 5 nitrogen and oxygen atoms in total. The van der Waals surface area contributed by atoms with Gasteiger partial charge in [0.05, 0.1) is 0 Å². The van der Waals surface area contributed by atoms with Gasteiger partial charge in [0.25, 0.3) is 0 Å². The van der Waals surface area contributed by atoms with Crippen LogP contribution in [0.5, 0.6) is 11.5 Å². The summed E-state index contributed by atoms with van der Waals surface area (Å²) in [6, 6.07) is 13.6. The van der Waals surface area contributed by atoms with Crippen LogP contribution >= 0.6 is 0 Å². The van der Waals surface area contributed by atoms with Crippen molar-refractivity contribution in [3.63, 3.8) is 0 Å². The third-order valence-electron chi connectivity index (χ3n) is 3.16. The maximum absolute atomic E-state index is 11.9. The molecular formula is C21H18O5. The van der Waals surface area contributed by atoms with Gasteiger partial charge in [-0.1, -0.05) is 36.4 Å². The highest BCUT2D eigenvalue weighted by atomic mass is 16.5. The van der Waals surface area contributed by atoms with Gasteiger partial charge in [0.15, 0.2) is 5.78 Å². The number of allylic oxidation sites excluding steroid dienone is 2. The molecule has 26 heavy (non-hydrogen) atoms. The van der Waals surface area contributed by atoms with Gasteiger partial charge in [-0.05, 0) is 47.5 Å². The molecule has 0 heterocycles. The van der Waals surface area contributed by atoms with E-state index >= 15 is 0 Å². The van der Waals surface area contributed by atoms with Crippen LogP contribution in [-0.4, -0.2) is 17.7 Å². The van der Waals surface area contributed by atoms with Crippen molar-refractivity contribution in [1.29, 1.82) is 0 Å². The molecule has 0 fully saturated rings. The van der Waals surface area contributed by atoms with Crippen LogP contribution in [0, 0.1) is 0 Å². The van der Waals surface area contributed by atoms with E-state index in [2.05, 4.69) is 0 Å². The first-order valence-corrected chi connectivity index (χ1v) is 7.89. The molecule has 2 aromatic rings. The molecule has 0 saturated carbocycles. The molecule has 132 valence electrons. The summed E-state index contributed by atoms with van der Waals surface area (Å²) in [4.78, 5) is 33.6. The quantitative estimate of drug-likeness (QED) is 0.450. The summed E-state index contributed by atoms with van der Waals surface area (Å²) in [5.41, 5.74) is 1.63. The van der Waals surface area contributed by atoms with E-state index in [1.54, 1.807) is 60.7 Å². The van der Waals surface area contributed by atoms with Gasteiger partial charge >= 0.3 is 11.9 Å². The minimum absolute atomic E-state index is 0.168. The zero-order valence-corrected chi connectivity index (χ0v) is 14.5. The van der Waals surface area contributed by atoms with Gasteiger partial charge in [-0.3, -0.25) is 14.4 Å². The van der Waals surface area contributed by atoms with Crippen LogP contribution in [0.1, 0.15) is 25.0 Å². The van der Waals surface area contributed by atoms with E-state index < -0.39 is 0 Å². The first-order chi connectivity index (χ1) is 12.4. The third kappa shape index (κ3) is 6.57. The summed E-state index contributed by atoms with van der Waals surface area (Å²) >= 11 is 0. The zero-order chi connectivity index (χ0) is 18.9. The van der Waals surface area contributed by atoms with Crippen molar-refractivity contribution < 1.29 is 23.9 Å². The molecule has 0 aromatic heterocycles. The smallest absolute Gasteiger partial charge is 0.308 e. The Morgan fingerprint density at radius 3 is 1.31 bits per heavy atom. The molecule has 5 heteroatoms. The van der Waals surface area contributed by atoms with Crippen LogP contribution in [-0.2, 0) is 14.4 Å². The van der Waals surface area contributed by atoms with Crippen molar-refractivity contribution in [3.05, 3.63) is 71.8 Å². The highest BCUT2D eigenvalue weighted by molar-refractivity contribution is 6.04. The van der Waals surface area contributed by atoms with Crippen LogP contribution in [0.4, 0.5) is 0 Å². The molecule has 0 atom stereocenters. The van der Waals surface area contributed by atoms with Crippen LogP contribution in [0.15, 0.2) is 60.7 Å². The molecule has 0 aliphatic carbocycles. The number of carbonyl (C=O) groups excluding carboxylic acids is 3. The average molecular weight is 350 g/mol. The number of rotatable bonds is 6. The molecule has 0 aliphatic heterocycles. The number of esters is 2. The van der Waals surface area contributed by atoms with Gasteiger partial charge in [0, 0.05) is 13.8 Å². The lowest BCUT2D eigenvalue weighted by atomic mass is 10.1. The number of ketones is 1. The van der Waals surface area contributed by atoms with E-state index in [0.29, 0.717) is 11.5 Å². The fourth-order valence-corrected chi connectivity index (χ4v) is 2.04. The average Bonchev–Trinajstić information content (AvgIpc) is 2.59. The van der Waals surface area contributed by atoms with Crippen molar-refractivity contribution in [1.82, 2.24) is 0 Å². The molecule has 0 radical (unpaired) electrons. The zero-order valence-electron chi connectivity index (χ0n) is 14.5. The minimum atomic E-state index is -0.380. The molecule has 0 amide bonds. The number of hydrogen-bond acceptors (Lipinski definition) is 5. The van der Waals surface area contributed by atoms with E-state index in [0.717, 1.165) is 11.1 Å². The lowest BCUT2D eigenvalue weighted by molar-refractivity contribution is -0.132. The first kappa shape index (κ1) is 18.9. The van der Waals surface area contributed by atoms with Crippen molar-refractivity contribution >= 4 is 29.9 Å². The normalized spacial score (nSPS) is 10.8. The van der Waals surface area contributed by atoms with E-state index in [1.807, 2.05) is 0 Å². The summed E-state index contributed by atoms with van der Waals surface area (Å²) in [5, 5.41) is 0. The molecule has 0 aliphatic rings. The lowest BCUT2D eigenvalue weighted by Crippen LogP contribution is -2.00. The van der Waals surface area contributed by atoms with Crippen LogP contribution < -0.4 is 9.47 Å². The Hall–Kier alpha value is -3.47. The standard InChI is InChI=1S/C21H18O5/c1-15(22)25-20-11-5-17(6-12-20)3-9-19(24)10-4-18-7-13-21(14-8-18)26-16(2)23/h3-14H,1-2H3/b9-3+,10-4+. The van der Waals surface area contributed by atoms with E-state index in [4.69, 9.17) is 9.47 Å². The van der Waals surface area contributed by atoms with Crippen LogP contribution in [0.25, 0.3) is 12.2 Å². The second-order valence-electron chi connectivity index (χ2n) is 5.39. The second-order valence-corrected chi connectivity index (χ2v) is 5.39. The Morgan fingerprint density at radius 1 is 0.654 bits per heavy atom. The van der Waals surface area contributed by atoms with Crippen molar-refractivity contribution in [2.24, 2.45) is 0 Å². The largest absolute Gasteiger partial charge is 0.427 e. The lowest BCUT2D eigenvalue weighted by Gasteiger charge is -2.01. The maximum Gasteiger partial charge on any atom is 0.308 e. The predicted octanol–water partition coefficient (Wildman–Crippen LogP) is 3.83. The minimum Gasteiger partial charge on any atom is -0.427 e. The Balaban J connectivity index is 1.92. The summed E-state index contributed by atoms with van der Waals surface area (Å²) < 4.78 is 9.89. The number of carbonyl (C=O) groups is 3. The second kappa shape index (κ2) is 9.13. The SMILES string of the molecule is CC(=O)Oc1ccc(/C=C/C(=O)/C=C/c2ccc(OC(C)=O)cc2)cc1. The van der Waals surface area contributed by atoms with E-state index in [9.17, 15) is 14.4 Å². The molecule has 2 aromatic carbocycles. The van der Waals surface area contributed by atoms with Gasteiger partial charge in [0.1, 0.15) is 11.5 Å². The summed E-state index contributed by atoms with van der Waals surface area (Å²) in [6.07, 6.45) is 6.25. The topological polar surface area (TPSA) is 69.7 Å². The van der Waals surface area contributed by atoms with Gasteiger partial charge < -0.3 is 9.47 Å². The monoisotopic (exact) mass is 350 g/mol. The molecule has 0 spiro atoms. The van der Waals surface area contributed by atoms with Crippen molar-refractivity contribution in [3.8, 4) is 11.5 Å². The molecule has 2 rings (SSSR count). The number of benzene rings is 2. The molecule has 0 bridgehead atoms. The first-order valence-electron chi connectivity index (χ1n) is 7.89. The van der Waals surface area contributed by atoms with Gasteiger partial charge in [-0.25, -0.2) is 0 Å².